The van der Waals surface area contributed by atoms with Crippen LogP contribution < -0.4 is 15.2 Å². The van der Waals surface area contributed by atoms with Gasteiger partial charge in [-0.05, 0) is 53.8 Å². The smallest absolute Gasteiger partial charge is 0.248 e. The Morgan fingerprint density at radius 3 is 2.61 bits per heavy atom. The fourth-order valence-electron chi connectivity index (χ4n) is 3.72. The van der Waals surface area contributed by atoms with Crippen molar-refractivity contribution in [3.63, 3.8) is 0 Å². The molecule has 31 heavy (non-hydrogen) atoms. The minimum atomic E-state index is -0.442. The molecule has 0 fully saturated rings. The first-order chi connectivity index (χ1) is 14.9. The normalized spacial score (nSPS) is 12.9. The number of nitrogens with zero attached hydrogens (tertiary/aromatic N) is 1. The van der Waals surface area contributed by atoms with Crippen LogP contribution >= 0.6 is 0 Å². The van der Waals surface area contributed by atoms with Crippen molar-refractivity contribution in [2.24, 2.45) is 5.73 Å². The summed E-state index contributed by atoms with van der Waals surface area (Å²) in [4.78, 5) is 27.8. The second-order valence-corrected chi connectivity index (χ2v) is 7.87. The summed E-state index contributed by atoms with van der Waals surface area (Å²) in [6.45, 7) is 4.48. The molecule has 6 heteroatoms. The molecule has 2 heterocycles. The molecule has 1 aliphatic rings. The van der Waals surface area contributed by atoms with E-state index in [0.29, 0.717) is 48.0 Å². The zero-order chi connectivity index (χ0) is 22.0. The lowest BCUT2D eigenvalue weighted by Crippen LogP contribution is -2.17. The Morgan fingerprint density at radius 2 is 1.90 bits per heavy atom. The van der Waals surface area contributed by atoms with E-state index in [1.807, 2.05) is 44.2 Å². The maximum Gasteiger partial charge on any atom is 0.248 e. The first kappa shape index (κ1) is 20.6. The minimum absolute atomic E-state index is 0.0946. The molecule has 0 atom stereocenters. The first-order valence-corrected chi connectivity index (χ1v) is 10.3. The summed E-state index contributed by atoms with van der Waals surface area (Å²) in [5.74, 6) is 1.49. The number of pyridine rings is 1. The summed E-state index contributed by atoms with van der Waals surface area (Å²) < 4.78 is 12.0. The number of ether oxygens (including phenoxy) is 2. The topological polar surface area (TPSA) is 91.5 Å². The highest BCUT2D eigenvalue weighted by molar-refractivity contribution is 6.00. The Kier molecular flexibility index (Phi) is 5.71. The molecule has 0 radical (unpaired) electrons. The van der Waals surface area contributed by atoms with Crippen LogP contribution in [0.4, 0.5) is 0 Å². The second-order valence-electron chi connectivity index (χ2n) is 7.87. The van der Waals surface area contributed by atoms with Gasteiger partial charge in [0.25, 0.3) is 0 Å². The van der Waals surface area contributed by atoms with Crippen molar-refractivity contribution in [1.29, 1.82) is 0 Å². The highest BCUT2D eigenvalue weighted by atomic mass is 16.5. The summed E-state index contributed by atoms with van der Waals surface area (Å²) in [6, 6.07) is 14.6. The number of aromatic nitrogens is 1. The van der Waals surface area contributed by atoms with Crippen LogP contribution in [-0.2, 0) is 6.42 Å². The van der Waals surface area contributed by atoms with E-state index in [1.165, 1.54) is 0 Å². The average molecular weight is 416 g/mol. The Labute approximate surface area is 181 Å². The summed E-state index contributed by atoms with van der Waals surface area (Å²) in [5.41, 5.74) is 9.34. The van der Waals surface area contributed by atoms with Gasteiger partial charge in [0.05, 0.1) is 12.2 Å². The number of rotatable bonds is 6. The second kappa shape index (κ2) is 8.60. The number of hydrogen-bond donors (Lipinski definition) is 1. The van der Waals surface area contributed by atoms with Crippen molar-refractivity contribution in [2.45, 2.75) is 32.6 Å². The number of hydrogen-bond acceptors (Lipinski definition) is 5. The zero-order valence-corrected chi connectivity index (χ0v) is 17.6. The van der Waals surface area contributed by atoms with E-state index in [9.17, 15) is 9.59 Å². The average Bonchev–Trinajstić information content (AvgIpc) is 2.74. The molecule has 4 rings (SSSR count). The number of carbonyl (C=O) groups excluding carboxylic acids is 2. The molecule has 3 aromatic rings. The fourth-order valence-corrected chi connectivity index (χ4v) is 3.72. The fraction of sp³-hybridized carbons (Fsp3) is 0.240. The Hall–Kier alpha value is -3.67. The Balaban J connectivity index is 1.59. The van der Waals surface area contributed by atoms with Gasteiger partial charge in [-0.3, -0.25) is 9.59 Å². The third-order valence-corrected chi connectivity index (χ3v) is 5.27. The number of fused-ring (bicyclic) bond motifs is 1. The molecule has 0 aliphatic carbocycles. The Morgan fingerprint density at radius 1 is 1.13 bits per heavy atom. The van der Waals surface area contributed by atoms with Crippen LogP contribution in [0.2, 0.25) is 0 Å². The number of primary amides is 1. The van der Waals surface area contributed by atoms with Gasteiger partial charge in [-0.15, -0.1) is 0 Å². The summed E-state index contributed by atoms with van der Waals surface area (Å²) >= 11 is 0. The lowest BCUT2D eigenvalue weighted by molar-refractivity contribution is 0.0931. The molecule has 0 saturated carbocycles. The van der Waals surface area contributed by atoms with E-state index in [2.05, 4.69) is 4.98 Å². The third-order valence-electron chi connectivity index (χ3n) is 5.27. The standard InChI is InChI=1S/C25H24N2O4/c1-15(2)23-21(8-7-19-20(28)10-12-30-24(19)23)31-22-14-17(9-11-27-22)13-16-3-5-18(6-4-16)25(26)29/h3-9,11,14-15H,10,12-13H2,1-2H3,(H2,26,29). The molecule has 0 unspecified atom stereocenters. The lowest BCUT2D eigenvalue weighted by Gasteiger charge is -2.23. The van der Waals surface area contributed by atoms with E-state index in [0.717, 1.165) is 16.7 Å². The quantitative estimate of drug-likeness (QED) is 0.631. The van der Waals surface area contributed by atoms with E-state index in [1.54, 1.807) is 24.4 Å². The van der Waals surface area contributed by atoms with Crippen LogP contribution in [-0.4, -0.2) is 23.3 Å². The number of carbonyl (C=O) groups is 2. The monoisotopic (exact) mass is 416 g/mol. The van der Waals surface area contributed by atoms with Gasteiger partial charge in [-0.2, -0.15) is 0 Å². The predicted molar refractivity (Wildman–Crippen MR) is 117 cm³/mol. The van der Waals surface area contributed by atoms with E-state index in [4.69, 9.17) is 15.2 Å². The number of amides is 1. The van der Waals surface area contributed by atoms with E-state index >= 15 is 0 Å². The molecule has 1 aliphatic heterocycles. The van der Waals surface area contributed by atoms with Crippen molar-refractivity contribution >= 4 is 11.7 Å². The number of ketones is 1. The van der Waals surface area contributed by atoms with Crippen LogP contribution in [0.1, 0.15) is 63.6 Å². The lowest BCUT2D eigenvalue weighted by atomic mass is 9.94. The van der Waals surface area contributed by atoms with Gasteiger partial charge in [0.2, 0.25) is 11.8 Å². The van der Waals surface area contributed by atoms with Crippen LogP contribution in [0, 0.1) is 0 Å². The first-order valence-electron chi connectivity index (χ1n) is 10.3. The van der Waals surface area contributed by atoms with Crippen LogP contribution in [0.5, 0.6) is 17.4 Å². The van der Waals surface area contributed by atoms with Gasteiger partial charge in [-0.25, -0.2) is 4.98 Å². The molecule has 158 valence electrons. The molecule has 2 aromatic carbocycles. The van der Waals surface area contributed by atoms with Crippen molar-refractivity contribution in [3.05, 3.63) is 82.5 Å². The van der Waals surface area contributed by atoms with Crippen LogP contribution in [0.3, 0.4) is 0 Å². The third kappa shape index (κ3) is 4.43. The predicted octanol–water partition coefficient (Wildman–Crippen LogP) is 4.65. The van der Waals surface area contributed by atoms with Gasteiger partial charge in [-0.1, -0.05) is 26.0 Å². The van der Waals surface area contributed by atoms with Gasteiger partial charge in [0, 0.05) is 29.8 Å². The summed E-state index contributed by atoms with van der Waals surface area (Å²) in [7, 11) is 0. The molecule has 2 N–H and O–H groups in total. The molecular formula is C25H24N2O4. The van der Waals surface area contributed by atoms with Gasteiger partial charge in [0.15, 0.2) is 5.78 Å². The van der Waals surface area contributed by atoms with Gasteiger partial charge in [0.1, 0.15) is 11.5 Å². The highest BCUT2D eigenvalue weighted by Gasteiger charge is 2.26. The molecule has 0 bridgehead atoms. The maximum atomic E-state index is 12.2. The largest absolute Gasteiger partial charge is 0.492 e. The molecular weight excluding hydrogens is 392 g/mol. The van der Waals surface area contributed by atoms with Gasteiger partial charge >= 0.3 is 0 Å². The maximum absolute atomic E-state index is 12.2. The molecule has 1 aromatic heterocycles. The van der Waals surface area contributed by atoms with Crippen molar-refractivity contribution < 1.29 is 19.1 Å². The van der Waals surface area contributed by atoms with Crippen molar-refractivity contribution in [1.82, 2.24) is 4.98 Å². The van der Waals surface area contributed by atoms with Crippen molar-refractivity contribution in [2.75, 3.05) is 6.61 Å². The van der Waals surface area contributed by atoms with E-state index in [-0.39, 0.29) is 11.7 Å². The number of Topliss-reactive ketones (excluding diaryl/α,β-unsaturated/α-hetero) is 1. The number of benzene rings is 2. The molecule has 6 nitrogen and oxygen atoms in total. The Bertz CT molecular complexity index is 1140. The van der Waals surface area contributed by atoms with Crippen LogP contribution in [0.15, 0.2) is 54.7 Å². The van der Waals surface area contributed by atoms with E-state index < -0.39 is 5.91 Å². The molecule has 1 amide bonds. The van der Waals surface area contributed by atoms with Crippen molar-refractivity contribution in [3.8, 4) is 17.4 Å². The SMILES string of the molecule is CC(C)c1c(Oc2cc(Cc3ccc(C(N)=O)cc3)ccn2)ccc2c1OCCC2=O. The van der Waals surface area contributed by atoms with Gasteiger partial charge < -0.3 is 15.2 Å². The van der Waals surface area contributed by atoms with Crippen LogP contribution in [0.25, 0.3) is 0 Å². The summed E-state index contributed by atoms with van der Waals surface area (Å²) in [6.07, 6.45) is 2.77. The number of nitrogens with two attached hydrogens (primary N) is 1. The highest BCUT2D eigenvalue weighted by Crippen LogP contribution is 2.41. The zero-order valence-electron chi connectivity index (χ0n) is 17.6. The summed E-state index contributed by atoms with van der Waals surface area (Å²) in [5, 5.41) is 0. The molecule has 0 spiro atoms. The minimum Gasteiger partial charge on any atom is -0.492 e. The molecule has 0 saturated heterocycles.